The molecule has 0 aliphatic carbocycles. The first-order valence-corrected chi connectivity index (χ1v) is 9.92. The standard InChI is InChI=1S/C23H23NO2S/c25-23(18-27-22-12-5-2-6-13-22)24-15-20-10-7-11-21(14-20)17-26-16-19-8-3-1-4-9-19/h1-14H,15-18H2,(H,24,25). The van der Waals surface area contributed by atoms with Crippen molar-refractivity contribution in [3.05, 3.63) is 102 Å². The molecule has 3 nitrogen and oxygen atoms in total. The van der Waals surface area contributed by atoms with E-state index >= 15 is 0 Å². The summed E-state index contributed by atoms with van der Waals surface area (Å²) in [7, 11) is 0. The molecule has 0 unspecified atom stereocenters. The first-order valence-electron chi connectivity index (χ1n) is 8.93. The van der Waals surface area contributed by atoms with E-state index in [1.807, 2.05) is 66.7 Å². The molecule has 0 aromatic heterocycles. The monoisotopic (exact) mass is 377 g/mol. The zero-order valence-corrected chi connectivity index (χ0v) is 16.0. The summed E-state index contributed by atoms with van der Waals surface area (Å²) in [4.78, 5) is 13.1. The van der Waals surface area contributed by atoms with Crippen LogP contribution in [0.1, 0.15) is 16.7 Å². The third kappa shape index (κ3) is 6.93. The van der Waals surface area contributed by atoms with Gasteiger partial charge in [-0.15, -0.1) is 11.8 Å². The van der Waals surface area contributed by atoms with Crippen LogP contribution < -0.4 is 5.32 Å². The molecule has 0 fully saturated rings. The molecule has 138 valence electrons. The topological polar surface area (TPSA) is 38.3 Å². The lowest BCUT2D eigenvalue weighted by Crippen LogP contribution is -2.24. The van der Waals surface area contributed by atoms with Crippen molar-refractivity contribution >= 4 is 17.7 Å². The fraction of sp³-hybridized carbons (Fsp3) is 0.174. The van der Waals surface area contributed by atoms with Crippen molar-refractivity contribution in [3.63, 3.8) is 0 Å². The van der Waals surface area contributed by atoms with Gasteiger partial charge < -0.3 is 10.1 Å². The molecular formula is C23H23NO2S. The molecule has 0 radical (unpaired) electrons. The van der Waals surface area contributed by atoms with E-state index in [1.54, 1.807) is 11.8 Å². The zero-order valence-electron chi connectivity index (χ0n) is 15.1. The molecular weight excluding hydrogens is 354 g/mol. The predicted octanol–water partition coefficient (Wildman–Crippen LogP) is 4.81. The number of nitrogens with one attached hydrogen (secondary N) is 1. The molecule has 3 rings (SSSR count). The van der Waals surface area contributed by atoms with Gasteiger partial charge >= 0.3 is 0 Å². The molecule has 27 heavy (non-hydrogen) atoms. The third-order valence-corrected chi connectivity index (χ3v) is 4.99. The Labute approximate surface area is 164 Å². The molecule has 3 aromatic rings. The SMILES string of the molecule is O=C(CSc1ccccc1)NCc1cccc(COCc2ccccc2)c1. The van der Waals surface area contributed by atoms with Gasteiger partial charge in [0, 0.05) is 11.4 Å². The summed E-state index contributed by atoms with van der Waals surface area (Å²) >= 11 is 1.54. The average molecular weight is 378 g/mol. The number of rotatable bonds is 9. The van der Waals surface area contributed by atoms with E-state index in [0.717, 1.165) is 21.6 Å². The van der Waals surface area contributed by atoms with Gasteiger partial charge in [-0.25, -0.2) is 0 Å². The highest BCUT2D eigenvalue weighted by molar-refractivity contribution is 8.00. The van der Waals surface area contributed by atoms with Crippen LogP contribution in [0, 0.1) is 0 Å². The molecule has 0 heterocycles. The number of hydrogen-bond donors (Lipinski definition) is 1. The maximum Gasteiger partial charge on any atom is 0.230 e. The summed E-state index contributed by atoms with van der Waals surface area (Å²) in [5, 5.41) is 2.98. The summed E-state index contributed by atoms with van der Waals surface area (Å²) in [6, 6.07) is 28.2. The summed E-state index contributed by atoms with van der Waals surface area (Å²) in [6.07, 6.45) is 0. The molecule has 0 aliphatic heterocycles. The van der Waals surface area contributed by atoms with Gasteiger partial charge in [0.1, 0.15) is 0 Å². The molecule has 0 saturated heterocycles. The van der Waals surface area contributed by atoms with Crippen molar-refractivity contribution in [1.29, 1.82) is 0 Å². The van der Waals surface area contributed by atoms with Gasteiger partial charge in [0.25, 0.3) is 0 Å². The van der Waals surface area contributed by atoms with E-state index in [1.165, 1.54) is 0 Å². The largest absolute Gasteiger partial charge is 0.372 e. The van der Waals surface area contributed by atoms with E-state index in [9.17, 15) is 4.79 Å². The van der Waals surface area contributed by atoms with Crippen molar-refractivity contribution in [2.24, 2.45) is 0 Å². The summed E-state index contributed by atoms with van der Waals surface area (Å²) in [5.41, 5.74) is 3.35. The van der Waals surface area contributed by atoms with Crippen molar-refractivity contribution in [1.82, 2.24) is 5.32 Å². The lowest BCUT2D eigenvalue weighted by Gasteiger charge is -2.08. The second-order valence-electron chi connectivity index (χ2n) is 6.18. The number of amides is 1. The Morgan fingerprint density at radius 1 is 0.778 bits per heavy atom. The van der Waals surface area contributed by atoms with Crippen molar-refractivity contribution in [3.8, 4) is 0 Å². The Morgan fingerprint density at radius 2 is 1.41 bits per heavy atom. The van der Waals surface area contributed by atoms with Crippen LogP contribution in [0.4, 0.5) is 0 Å². The normalized spacial score (nSPS) is 10.5. The summed E-state index contributed by atoms with van der Waals surface area (Å²) < 4.78 is 5.78. The molecule has 1 amide bonds. The molecule has 3 aromatic carbocycles. The lowest BCUT2D eigenvalue weighted by atomic mass is 10.1. The van der Waals surface area contributed by atoms with Crippen LogP contribution in [0.25, 0.3) is 0 Å². The Hall–Kier alpha value is -2.56. The van der Waals surface area contributed by atoms with Gasteiger partial charge in [0.2, 0.25) is 5.91 Å². The van der Waals surface area contributed by atoms with Crippen LogP contribution in [-0.2, 0) is 29.3 Å². The second kappa shape index (κ2) is 10.6. The molecule has 0 aliphatic rings. The molecule has 4 heteroatoms. The Bertz CT molecular complexity index is 837. The van der Waals surface area contributed by atoms with E-state index in [4.69, 9.17) is 4.74 Å². The van der Waals surface area contributed by atoms with E-state index in [2.05, 4.69) is 23.5 Å². The Kier molecular flexibility index (Phi) is 7.51. The van der Waals surface area contributed by atoms with Crippen LogP contribution in [0.3, 0.4) is 0 Å². The fourth-order valence-electron chi connectivity index (χ4n) is 2.61. The molecule has 0 atom stereocenters. The zero-order chi connectivity index (χ0) is 18.7. The Balaban J connectivity index is 1.41. The maximum atomic E-state index is 12.0. The average Bonchev–Trinajstić information content (AvgIpc) is 2.73. The molecule has 0 saturated carbocycles. The molecule has 0 spiro atoms. The summed E-state index contributed by atoms with van der Waals surface area (Å²) in [6.45, 7) is 1.68. The Morgan fingerprint density at radius 3 is 2.19 bits per heavy atom. The van der Waals surface area contributed by atoms with Gasteiger partial charge in [-0.1, -0.05) is 72.8 Å². The van der Waals surface area contributed by atoms with Gasteiger partial charge in [0.05, 0.1) is 19.0 Å². The molecule has 1 N–H and O–H groups in total. The number of carbonyl (C=O) groups is 1. The predicted molar refractivity (Wildman–Crippen MR) is 110 cm³/mol. The highest BCUT2D eigenvalue weighted by atomic mass is 32.2. The number of carbonyl (C=O) groups excluding carboxylic acids is 1. The van der Waals surface area contributed by atoms with E-state index in [-0.39, 0.29) is 5.91 Å². The first-order chi connectivity index (χ1) is 13.3. The van der Waals surface area contributed by atoms with Crippen LogP contribution in [0.2, 0.25) is 0 Å². The minimum atomic E-state index is 0.0367. The van der Waals surface area contributed by atoms with Gasteiger partial charge in [-0.05, 0) is 28.8 Å². The highest BCUT2D eigenvalue weighted by Crippen LogP contribution is 2.16. The van der Waals surface area contributed by atoms with Crippen molar-refractivity contribution in [2.45, 2.75) is 24.7 Å². The van der Waals surface area contributed by atoms with Crippen molar-refractivity contribution < 1.29 is 9.53 Å². The van der Waals surface area contributed by atoms with Gasteiger partial charge in [0.15, 0.2) is 0 Å². The quantitative estimate of drug-likeness (QED) is 0.544. The van der Waals surface area contributed by atoms with Crippen molar-refractivity contribution in [2.75, 3.05) is 5.75 Å². The van der Waals surface area contributed by atoms with Gasteiger partial charge in [-0.2, -0.15) is 0 Å². The fourth-order valence-corrected chi connectivity index (χ4v) is 3.36. The van der Waals surface area contributed by atoms with Crippen LogP contribution in [0.5, 0.6) is 0 Å². The lowest BCUT2D eigenvalue weighted by molar-refractivity contribution is -0.118. The number of hydrogen-bond acceptors (Lipinski definition) is 3. The number of ether oxygens (including phenoxy) is 1. The highest BCUT2D eigenvalue weighted by Gasteiger charge is 2.04. The minimum absolute atomic E-state index is 0.0367. The molecule has 0 bridgehead atoms. The summed E-state index contributed by atoms with van der Waals surface area (Å²) in [5.74, 6) is 0.457. The number of benzene rings is 3. The van der Waals surface area contributed by atoms with E-state index in [0.29, 0.717) is 25.5 Å². The smallest absolute Gasteiger partial charge is 0.230 e. The second-order valence-corrected chi connectivity index (χ2v) is 7.23. The number of thioether (sulfide) groups is 1. The van der Waals surface area contributed by atoms with Gasteiger partial charge in [-0.3, -0.25) is 4.79 Å². The van der Waals surface area contributed by atoms with Crippen LogP contribution >= 0.6 is 11.8 Å². The van der Waals surface area contributed by atoms with E-state index < -0.39 is 0 Å². The third-order valence-electron chi connectivity index (χ3n) is 3.97. The van der Waals surface area contributed by atoms with Crippen LogP contribution in [-0.4, -0.2) is 11.7 Å². The minimum Gasteiger partial charge on any atom is -0.372 e. The first kappa shape index (κ1) is 19.2. The van der Waals surface area contributed by atoms with Crippen LogP contribution in [0.15, 0.2) is 89.8 Å². The maximum absolute atomic E-state index is 12.0.